The molecule has 1 fully saturated rings. The molecule has 3 aromatic rings. The third-order valence-corrected chi connectivity index (χ3v) is 4.70. The number of benzene rings is 1. The van der Waals surface area contributed by atoms with Gasteiger partial charge in [0.1, 0.15) is 12.1 Å². The molecule has 0 atom stereocenters. The van der Waals surface area contributed by atoms with Gasteiger partial charge in [0.15, 0.2) is 0 Å². The van der Waals surface area contributed by atoms with Crippen molar-refractivity contribution in [3.05, 3.63) is 53.5 Å². The molecule has 26 heavy (non-hydrogen) atoms. The number of carbonyl (C=O) groups excluding carboxylic acids is 1. The molecular weight excluding hydrogens is 328 g/mol. The van der Waals surface area contributed by atoms with E-state index < -0.39 is 0 Å². The largest absolute Gasteiger partial charge is 0.366 e. The Morgan fingerprint density at radius 1 is 1.15 bits per heavy atom. The quantitative estimate of drug-likeness (QED) is 0.783. The van der Waals surface area contributed by atoms with Crippen LogP contribution in [0.2, 0.25) is 0 Å². The van der Waals surface area contributed by atoms with Crippen molar-refractivity contribution in [3.63, 3.8) is 0 Å². The van der Waals surface area contributed by atoms with Gasteiger partial charge in [0, 0.05) is 37.0 Å². The molecule has 0 saturated carbocycles. The molecular formula is C19H22N6O. The predicted octanol–water partition coefficient (Wildman–Crippen LogP) is 2.67. The fourth-order valence-electron chi connectivity index (χ4n) is 3.29. The number of aromatic nitrogens is 4. The summed E-state index contributed by atoms with van der Waals surface area (Å²) in [6, 6.07) is 9.76. The van der Waals surface area contributed by atoms with E-state index in [0.717, 1.165) is 48.6 Å². The summed E-state index contributed by atoms with van der Waals surface area (Å²) in [6.45, 7) is 4.31. The van der Waals surface area contributed by atoms with Crippen LogP contribution in [-0.2, 0) is 6.54 Å². The molecule has 7 heteroatoms. The molecule has 134 valence electrons. The summed E-state index contributed by atoms with van der Waals surface area (Å²) in [4.78, 5) is 22.9. The molecule has 1 aliphatic heterocycles. The number of likely N-dealkylation sites (tertiary alicyclic amines) is 1. The van der Waals surface area contributed by atoms with E-state index in [4.69, 9.17) is 0 Å². The monoisotopic (exact) mass is 350 g/mol. The molecule has 1 amide bonds. The minimum Gasteiger partial charge on any atom is -0.366 e. The first kappa shape index (κ1) is 16.5. The van der Waals surface area contributed by atoms with Crippen molar-refractivity contribution in [1.82, 2.24) is 24.5 Å². The highest BCUT2D eigenvalue weighted by Crippen LogP contribution is 2.15. The normalized spacial score (nSPS) is 14.6. The Balaban J connectivity index is 1.44. The maximum Gasteiger partial charge on any atom is 0.254 e. The predicted molar refractivity (Wildman–Crippen MR) is 99.0 cm³/mol. The second-order valence-corrected chi connectivity index (χ2v) is 6.66. The van der Waals surface area contributed by atoms with Crippen molar-refractivity contribution in [2.75, 3.05) is 18.4 Å². The van der Waals surface area contributed by atoms with Crippen molar-refractivity contribution in [1.29, 1.82) is 0 Å². The van der Waals surface area contributed by atoms with Gasteiger partial charge < -0.3 is 10.2 Å². The van der Waals surface area contributed by atoms with Gasteiger partial charge in [0.2, 0.25) is 0 Å². The minimum absolute atomic E-state index is 0.137. The molecule has 0 aliphatic carbocycles. The van der Waals surface area contributed by atoms with E-state index >= 15 is 0 Å². The van der Waals surface area contributed by atoms with Crippen LogP contribution in [0.4, 0.5) is 5.82 Å². The van der Waals surface area contributed by atoms with Gasteiger partial charge in [0.05, 0.1) is 0 Å². The van der Waals surface area contributed by atoms with Crippen LogP contribution in [0.3, 0.4) is 0 Å². The Bertz CT molecular complexity index is 911. The van der Waals surface area contributed by atoms with E-state index in [0.29, 0.717) is 12.3 Å². The van der Waals surface area contributed by atoms with E-state index in [2.05, 4.69) is 20.4 Å². The first-order chi connectivity index (χ1) is 12.7. The highest BCUT2D eigenvalue weighted by molar-refractivity contribution is 5.94. The number of hydrogen-bond donors (Lipinski definition) is 1. The first-order valence-electron chi connectivity index (χ1n) is 9.00. The Kier molecular flexibility index (Phi) is 4.51. The van der Waals surface area contributed by atoms with Crippen molar-refractivity contribution in [2.24, 2.45) is 0 Å². The van der Waals surface area contributed by atoms with Crippen molar-refractivity contribution < 1.29 is 4.79 Å². The summed E-state index contributed by atoms with van der Waals surface area (Å²) in [5.41, 5.74) is 2.74. The number of hydrogen-bond acceptors (Lipinski definition) is 5. The lowest BCUT2D eigenvalue weighted by atomic mass is 10.1. The molecule has 3 heterocycles. The zero-order valence-corrected chi connectivity index (χ0v) is 14.9. The number of anilines is 1. The third kappa shape index (κ3) is 3.37. The molecule has 2 aromatic heterocycles. The minimum atomic E-state index is 0.137. The smallest absolute Gasteiger partial charge is 0.254 e. The lowest BCUT2D eigenvalue weighted by Gasteiger charge is -2.26. The van der Waals surface area contributed by atoms with Crippen molar-refractivity contribution in [2.45, 2.75) is 32.7 Å². The average molecular weight is 350 g/mol. The lowest BCUT2D eigenvalue weighted by molar-refractivity contribution is 0.0724. The molecule has 0 unspecified atom stereocenters. The standard InChI is InChI=1S/C19H22N6O/c1-14-11-17(25-19(23-14)21-13-22-25)20-12-15-5-7-16(8-6-15)18(26)24-9-3-2-4-10-24/h5-8,11,13,20H,2-4,9-10,12H2,1H3. The van der Waals surface area contributed by atoms with Crippen LogP contribution < -0.4 is 5.32 Å². The fourth-order valence-corrected chi connectivity index (χ4v) is 3.29. The zero-order chi connectivity index (χ0) is 17.9. The molecule has 1 aliphatic rings. The van der Waals surface area contributed by atoms with Crippen LogP contribution in [0.25, 0.3) is 5.78 Å². The number of carbonyl (C=O) groups is 1. The van der Waals surface area contributed by atoms with Crippen LogP contribution in [0, 0.1) is 6.92 Å². The van der Waals surface area contributed by atoms with E-state index in [9.17, 15) is 4.79 Å². The Labute approximate surface area is 152 Å². The zero-order valence-electron chi connectivity index (χ0n) is 14.9. The Morgan fingerprint density at radius 2 is 1.92 bits per heavy atom. The SMILES string of the molecule is Cc1cc(NCc2ccc(C(=O)N3CCCCC3)cc2)n2ncnc2n1. The summed E-state index contributed by atoms with van der Waals surface area (Å²) in [6.07, 6.45) is 4.93. The van der Waals surface area contributed by atoms with Crippen LogP contribution in [-0.4, -0.2) is 43.5 Å². The summed E-state index contributed by atoms with van der Waals surface area (Å²) in [5.74, 6) is 1.56. The lowest BCUT2D eigenvalue weighted by Crippen LogP contribution is -2.35. The molecule has 1 N–H and O–H groups in total. The summed E-state index contributed by atoms with van der Waals surface area (Å²) < 4.78 is 1.68. The Morgan fingerprint density at radius 3 is 2.69 bits per heavy atom. The number of amides is 1. The van der Waals surface area contributed by atoms with Gasteiger partial charge in [0.25, 0.3) is 11.7 Å². The molecule has 7 nitrogen and oxygen atoms in total. The first-order valence-corrected chi connectivity index (χ1v) is 9.00. The van der Waals surface area contributed by atoms with Gasteiger partial charge in [-0.25, -0.2) is 4.98 Å². The van der Waals surface area contributed by atoms with E-state index in [1.807, 2.05) is 42.2 Å². The van der Waals surface area contributed by atoms with Gasteiger partial charge in [-0.2, -0.15) is 14.6 Å². The molecule has 0 radical (unpaired) electrons. The molecule has 1 aromatic carbocycles. The van der Waals surface area contributed by atoms with Gasteiger partial charge in [-0.1, -0.05) is 12.1 Å². The number of nitrogens with zero attached hydrogens (tertiary/aromatic N) is 5. The maximum atomic E-state index is 12.5. The Hall–Kier alpha value is -2.96. The van der Waals surface area contributed by atoms with Gasteiger partial charge in [-0.15, -0.1) is 0 Å². The van der Waals surface area contributed by atoms with E-state index in [-0.39, 0.29) is 5.91 Å². The highest BCUT2D eigenvalue weighted by atomic mass is 16.2. The summed E-state index contributed by atoms with van der Waals surface area (Å²) >= 11 is 0. The molecule has 0 spiro atoms. The van der Waals surface area contributed by atoms with Crippen LogP contribution in [0.5, 0.6) is 0 Å². The second kappa shape index (κ2) is 7.11. The van der Waals surface area contributed by atoms with E-state index in [1.165, 1.54) is 12.7 Å². The maximum absolute atomic E-state index is 12.5. The van der Waals surface area contributed by atoms with Crippen molar-refractivity contribution >= 4 is 17.5 Å². The van der Waals surface area contributed by atoms with Gasteiger partial charge in [-0.3, -0.25) is 4.79 Å². The van der Waals surface area contributed by atoms with Crippen LogP contribution in [0.1, 0.15) is 40.9 Å². The van der Waals surface area contributed by atoms with Crippen LogP contribution >= 0.6 is 0 Å². The topological polar surface area (TPSA) is 75.4 Å². The molecule has 4 rings (SSSR count). The summed E-state index contributed by atoms with van der Waals surface area (Å²) in [7, 11) is 0. The molecule has 1 saturated heterocycles. The average Bonchev–Trinajstić information content (AvgIpc) is 3.15. The number of aryl methyl sites for hydroxylation is 1. The van der Waals surface area contributed by atoms with Gasteiger partial charge in [-0.05, 0) is 43.9 Å². The number of rotatable bonds is 4. The number of piperidine rings is 1. The molecule has 0 bridgehead atoms. The van der Waals surface area contributed by atoms with Gasteiger partial charge >= 0.3 is 0 Å². The second-order valence-electron chi connectivity index (χ2n) is 6.66. The third-order valence-electron chi connectivity index (χ3n) is 4.70. The fraction of sp³-hybridized carbons (Fsp3) is 0.368. The number of nitrogens with one attached hydrogen (secondary N) is 1. The summed E-state index contributed by atoms with van der Waals surface area (Å²) in [5, 5.41) is 7.56. The van der Waals surface area contributed by atoms with Crippen molar-refractivity contribution in [3.8, 4) is 0 Å². The van der Waals surface area contributed by atoms with Crippen LogP contribution in [0.15, 0.2) is 36.7 Å². The van der Waals surface area contributed by atoms with E-state index in [1.54, 1.807) is 4.52 Å². The highest BCUT2D eigenvalue weighted by Gasteiger charge is 2.17. The number of fused-ring (bicyclic) bond motifs is 1.